The molecule has 0 fully saturated rings. The van der Waals surface area contributed by atoms with E-state index in [2.05, 4.69) is 15.5 Å². The second-order valence-corrected chi connectivity index (χ2v) is 4.29. The SMILES string of the molecule is CC[C@@H](C)C(=O)Nc1nnc(COC)s1. The summed E-state index contributed by atoms with van der Waals surface area (Å²) in [6.07, 6.45) is 0.815. The van der Waals surface area contributed by atoms with Gasteiger partial charge >= 0.3 is 0 Å². The van der Waals surface area contributed by atoms with Crippen LogP contribution in [-0.2, 0) is 16.1 Å². The van der Waals surface area contributed by atoms with Crippen molar-refractivity contribution in [1.82, 2.24) is 10.2 Å². The van der Waals surface area contributed by atoms with E-state index in [9.17, 15) is 4.79 Å². The first-order chi connectivity index (χ1) is 7.17. The van der Waals surface area contributed by atoms with Crippen LogP contribution in [0.2, 0.25) is 0 Å². The average Bonchev–Trinajstić information content (AvgIpc) is 2.65. The predicted molar refractivity (Wildman–Crippen MR) is 58.7 cm³/mol. The molecule has 15 heavy (non-hydrogen) atoms. The fraction of sp³-hybridized carbons (Fsp3) is 0.667. The van der Waals surface area contributed by atoms with Crippen LogP contribution in [0, 0.1) is 5.92 Å². The van der Waals surface area contributed by atoms with E-state index in [1.54, 1.807) is 7.11 Å². The van der Waals surface area contributed by atoms with Gasteiger partial charge in [0.15, 0.2) is 0 Å². The summed E-state index contributed by atoms with van der Waals surface area (Å²) in [6, 6.07) is 0. The van der Waals surface area contributed by atoms with Crippen LogP contribution in [0.5, 0.6) is 0 Å². The number of amides is 1. The summed E-state index contributed by atoms with van der Waals surface area (Å²) in [6.45, 7) is 4.28. The van der Waals surface area contributed by atoms with Gasteiger partial charge in [0, 0.05) is 13.0 Å². The minimum atomic E-state index is -0.0161. The molecule has 0 bridgehead atoms. The number of nitrogens with one attached hydrogen (secondary N) is 1. The molecule has 0 saturated heterocycles. The van der Waals surface area contributed by atoms with Gasteiger partial charge in [-0.25, -0.2) is 0 Å². The fourth-order valence-corrected chi connectivity index (χ4v) is 1.61. The molecule has 84 valence electrons. The lowest BCUT2D eigenvalue weighted by Gasteiger charge is -2.05. The van der Waals surface area contributed by atoms with Crippen LogP contribution in [-0.4, -0.2) is 23.2 Å². The Morgan fingerprint density at radius 2 is 2.33 bits per heavy atom. The molecular formula is C9H15N3O2S. The Morgan fingerprint density at radius 1 is 1.60 bits per heavy atom. The van der Waals surface area contributed by atoms with Crippen molar-refractivity contribution in [3.8, 4) is 0 Å². The van der Waals surface area contributed by atoms with Crippen LogP contribution in [0.25, 0.3) is 0 Å². The third kappa shape index (κ3) is 3.56. The number of carbonyl (C=O) groups excluding carboxylic acids is 1. The quantitative estimate of drug-likeness (QED) is 0.834. The summed E-state index contributed by atoms with van der Waals surface area (Å²) in [5, 5.41) is 11.7. The van der Waals surface area contributed by atoms with Gasteiger partial charge in [0.1, 0.15) is 11.6 Å². The van der Waals surface area contributed by atoms with Crippen molar-refractivity contribution in [2.45, 2.75) is 26.9 Å². The lowest BCUT2D eigenvalue weighted by Crippen LogP contribution is -2.19. The van der Waals surface area contributed by atoms with E-state index in [4.69, 9.17) is 4.74 Å². The largest absolute Gasteiger partial charge is 0.377 e. The highest BCUT2D eigenvalue weighted by Crippen LogP contribution is 2.16. The Kier molecular flexibility index (Phi) is 4.64. The van der Waals surface area contributed by atoms with Crippen molar-refractivity contribution in [1.29, 1.82) is 0 Å². The van der Waals surface area contributed by atoms with Crippen molar-refractivity contribution in [2.75, 3.05) is 12.4 Å². The zero-order valence-electron chi connectivity index (χ0n) is 9.11. The standard InChI is InChI=1S/C9H15N3O2S/c1-4-6(2)8(13)10-9-12-11-7(15-9)5-14-3/h6H,4-5H2,1-3H3,(H,10,12,13)/t6-/m1/s1. The van der Waals surface area contributed by atoms with Gasteiger partial charge in [-0.3, -0.25) is 4.79 Å². The Morgan fingerprint density at radius 3 is 2.93 bits per heavy atom. The number of nitrogens with zero attached hydrogens (tertiary/aromatic N) is 2. The molecular weight excluding hydrogens is 214 g/mol. The van der Waals surface area contributed by atoms with Gasteiger partial charge in [0.25, 0.3) is 0 Å². The fourth-order valence-electron chi connectivity index (χ4n) is 0.900. The van der Waals surface area contributed by atoms with Gasteiger partial charge in [0.05, 0.1) is 0 Å². The van der Waals surface area contributed by atoms with Crippen molar-refractivity contribution >= 4 is 22.4 Å². The molecule has 0 unspecified atom stereocenters. The molecule has 0 aromatic carbocycles. The first kappa shape index (κ1) is 12.1. The molecule has 5 nitrogen and oxygen atoms in total. The van der Waals surface area contributed by atoms with Crippen molar-refractivity contribution in [2.24, 2.45) is 5.92 Å². The Hall–Kier alpha value is -1.01. The van der Waals surface area contributed by atoms with Crippen molar-refractivity contribution in [3.05, 3.63) is 5.01 Å². The number of methoxy groups -OCH3 is 1. The zero-order chi connectivity index (χ0) is 11.3. The number of ether oxygens (including phenoxy) is 1. The summed E-state index contributed by atoms with van der Waals surface area (Å²) in [4.78, 5) is 11.5. The third-order valence-corrected chi connectivity index (χ3v) is 2.84. The first-order valence-electron chi connectivity index (χ1n) is 4.79. The highest BCUT2D eigenvalue weighted by Gasteiger charge is 2.13. The van der Waals surface area contributed by atoms with Gasteiger partial charge in [-0.05, 0) is 6.42 Å². The topological polar surface area (TPSA) is 64.1 Å². The van der Waals surface area contributed by atoms with Crippen LogP contribution >= 0.6 is 11.3 Å². The third-order valence-electron chi connectivity index (χ3n) is 2.02. The monoisotopic (exact) mass is 229 g/mol. The number of rotatable bonds is 5. The normalized spacial score (nSPS) is 12.5. The maximum absolute atomic E-state index is 11.5. The molecule has 0 aliphatic rings. The molecule has 0 aliphatic carbocycles. The van der Waals surface area contributed by atoms with E-state index in [0.717, 1.165) is 11.4 Å². The number of aromatic nitrogens is 2. The second-order valence-electron chi connectivity index (χ2n) is 3.23. The molecule has 1 aromatic heterocycles. The molecule has 0 aliphatic heterocycles. The van der Waals surface area contributed by atoms with Crippen molar-refractivity contribution in [3.63, 3.8) is 0 Å². The number of hydrogen-bond donors (Lipinski definition) is 1. The summed E-state index contributed by atoms with van der Waals surface area (Å²) >= 11 is 1.33. The van der Waals surface area contributed by atoms with E-state index in [1.165, 1.54) is 11.3 Å². The highest BCUT2D eigenvalue weighted by atomic mass is 32.1. The van der Waals surface area contributed by atoms with E-state index < -0.39 is 0 Å². The summed E-state index contributed by atoms with van der Waals surface area (Å²) in [7, 11) is 1.60. The maximum atomic E-state index is 11.5. The van der Waals surface area contributed by atoms with Gasteiger partial charge in [-0.2, -0.15) is 0 Å². The summed E-state index contributed by atoms with van der Waals surface area (Å²) in [5.74, 6) is -0.0163. The number of anilines is 1. The summed E-state index contributed by atoms with van der Waals surface area (Å²) < 4.78 is 4.91. The van der Waals surface area contributed by atoms with Crippen LogP contribution in [0.3, 0.4) is 0 Å². The average molecular weight is 229 g/mol. The van der Waals surface area contributed by atoms with Gasteiger partial charge < -0.3 is 10.1 Å². The molecule has 0 radical (unpaired) electrons. The Labute approximate surface area is 92.9 Å². The first-order valence-corrected chi connectivity index (χ1v) is 5.61. The molecule has 0 saturated carbocycles. The van der Waals surface area contributed by atoms with E-state index >= 15 is 0 Å². The molecule has 1 N–H and O–H groups in total. The lowest BCUT2D eigenvalue weighted by atomic mass is 10.1. The molecule has 6 heteroatoms. The smallest absolute Gasteiger partial charge is 0.229 e. The number of carbonyl (C=O) groups is 1. The Balaban J connectivity index is 2.53. The maximum Gasteiger partial charge on any atom is 0.229 e. The molecule has 1 rings (SSSR count). The zero-order valence-corrected chi connectivity index (χ0v) is 9.93. The van der Waals surface area contributed by atoms with Crippen molar-refractivity contribution < 1.29 is 9.53 Å². The highest BCUT2D eigenvalue weighted by molar-refractivity contribution is 7.15. The lowest BCUT2D eigenvalue weighted by molar-refractivity contribution is -0.119. The van der Waals surface area contributed by atoms with Gasteiger partial charge in [-0.15, -0.1) is 10.2 Å². The Bertz CT molecular complexity index is 327. The molecule has 1 heterocycles. The molecule has 1 atom stereocenters. The second kappa shape index (κ2) is 5.77. The summed E-state index contributed by atoms with van der Waals surface area (Å²) in [5.41, 5.74) is 0. The van der Waals surface area contributed by atoms with Gasteiger partial charge in [0.2, 0.25) is 11.0 Å². The van der Waals surface area contributed by atoms with E-state index in [1.807, 2.05) is 13.8 Å². The van der Waals surface area contributed by atoms with Crippen LogP contribution in [0.1, 0.15) is 25.3 Å². The molecule has 0 spiro atoms. The predicted octanol–water partition coefficient (Wildman–Crippen LogP) is 1.67. The minimum Gasteiger partial charge on any atom is -0.377 e. The van der Waals surface area contributed by atoms with E-state index in [0.29, 0.717) is 11.7 Å². The minimum absolute atomic E-state index is 0.000208. The van der Waals surface area contributed by atoms with E-state index in [-0.39, 0.29) is 11.8 Å². The van der Waals surface area contributed by atoms with Crippen LogP contribution < -0.4 is 5.32 Å². The number of hydrogen-bond acceptors (Lipinski definition) is 5. The van der Waals surface area contributed by atoms with Crippen LogP contribution in [0.15, 0.2) is 0 Å². The molecule has 1 aromatic rings. The molecule has 1 amide bonds. The van der Waals surface area contributed by atoms with Crippen LogP contribution in [0.4, 0.5) is 5.13 Å². The van der Waals surface area contributed by atoms with Gasteiger partial charge in [-0.1, -0.05) is 25.2 Å².